The molecule has 0 atom stereocenters. The van der Waals surface area contributed by atoms with Crippen LogP contribution < -0.4 is 0 Å². The first-order valence-corrected chi connectivity index (χ1v) is 8.68. The smallest absolute Gasteiger partial charge is 0.0546 e. The van der Waals surface area contributed by atoms with Crippen LogP contribution in [0.4, 0.5) is 0 Å². The zero-order valence-electron chi connectivity index (χ0n) is 11.4. The van der Waals surface area contributed by atoms with Crippen LogP contribution in [0, 0.1) is 13.8 Å². The number of hydrogen-bond donors (Lipinski definition) is 0. The summed E-state index contributed by atoms with van der Waals surface area (Å²) in [7, 11) is 0. The van der Waals surface area contributed by atoms with Crippen molar-refractivity contribution in [2.75, 3.05) is 11.1 Å². The molecule has 2 aromatic rings. The third kappa shape index (κ3) is 4.12. The van der Waals surface area contributed by atoms with Crippen LogP contribution in [0.5, 0.6) is 0 Å². The van der Waals surface area contributed by atoms with Gasteiger partial charge in [0, 0.05) is 11.1 Å². The van der Waals surface area contributed by atoms with E-state index < -0.39 is 0 Å². The molecule has 0 bridgehead atoms. The zero-order valence-corrected chi connectivity index (χ0v) is 13.8. The van der Waals surface area contributed by atoms with Gasteiger partial charge in [-0.15, -0.1) is 11.8 Å². The van der Waals surface area contributed by atoms with Gasteiger partial charge in [0.25, 0.3) is 0 Å². The lowest BCUT2D eigenvalue weighted by Gasteiger charge is -2.17. The Morgan fingerprint density at radius 1 is 0.842 bits per heavy atom. The van der Waals surface area contributed by atoms with E-state index in [0.717, 1.165) is 11.1 Å². The van der Waals surface area contributed by atoms with E-state index in [9.17, 15) is 0 Å². The second-order valence-corrected chi connectivity index (χ2v) is 6.77. The highest BCUT2D eigenvalue weighted by atomic mass is 79.9. The number of hydrogen-bond acceptors (Lipinski definition) is 1. The van der Waals surface area contributed by atoms with Gasteiger partial charge in [0.05, 0.1) is 5.25 Å². The van der Waals surface area contributed by atoms with Gasteiger partial charge in [-0.25, -0.2) is 0 Å². The molecule has 0 fully saturated rings. The molecular weight excluding hydrogens is 316 g/mol. The highest BCUT2D eigenvalue weighted by Crippen LogP contribution is 2.35. The molecule has 0 saturated carbocycles. The summed E-state index contributed by atoms with van der Waals surface area (Å²) in [4.78, 5) is 0. The maximum absolute atomic E-state index is 3.53. The van der Waals surface area contributed by atoms with Gasteiger partial charge in [-0.05, 0) is 25.0 Å². The van der Waals surface area contributed by atoms with Gasteiger partial charge in [0.15, 0.2) is 0 Å². The molecule has 0 radical (unpaired) electrons. The molecule has 0 saturated heterocycles. The molecular formula is C17H19BrS. The summed E-state index contributed by atoms with van der Waals surface area (Å²) in [5.74, 6) is 1.12. The topological polar surface area (TPSA) is 0 Å². The van der Waals surface area contributed by atoms with Crippen LogP contribution in [0.15, 0.2) is 48.5 Å². The van der Waals surface area contributed by atoms with Crippen molar-refractivity contribution in [3.8, 4) is 0 Å². The van der Waals surface area contributed by atoms with Crippen LogP contribution in [0.25, 0.3) is 0 Å². The van der Waals surface area contributed by atoms with Crippen LogP contribution in [0.1, 0.15) is 27.5 Å². The first kappa shape index (κ1) is 14.7. The third-order valence-corrected chi connectivity index (χ3v) is 5.36. The number of thioether (sulfide) groups is 1. The molecule has 0 N–H and O–H groups in total. The summed E-state index contributed by atoms with van der Waals surface area (Å²) in [6.07, 6.45) is 0. The fraction of sp³-hybridized carbons (Fsp3) is 0.294. The van der Waals surface area contributed by atoms with Crippen LogP contribution in [0.3, 0.4) is 0 Å². The Morgan fingerprint density at radius 3 is 1.63 bits per heavy atom. The fourth-order valence-electron chi connectivity index (χ4n) is 2.03. The van der Waals surface area contributed by atoms with Gasteiger partial charge in [-0.2, -0.15) is 0 Å². The molecule has 2 rings (SSSR count). The lowest BCUT2D eigenvalue weighted by molar-refractivity contribution is 1.14. The number of aryl methyl sites for hydroxylation is 2. The molecule has 2 heteroatoms. The first-order chi connectivity index (χ1) is 9.20. The second-order valence-electron chi connectivity index (χ2n) is 4.76. The molecule has 0 nitrogen and oxygen atoms in total. The molecule has 0 aromatic heterocycles. The van der Waals surface area contributed by atoms with Crippen LogP contribution in [0.2, 0.25) is 0 Å². The minimum atomic E-state index is 0.429. The minimum absolute atomic E-state index is 0.429. The third-order valence-electron chi connectivity index (χ3n) is 3.12. The van der Waals surface area contributed by atoms with Gasteiger partial charge >= 0.3 is 0 Å². The van der Waals surface area contributed by atoms with Crippen molar-refractivity contribution in [2.24, 2.45) is 0 Å². The molecule has 0 spiro atoms. The predicted molar refractivity (Wildman–Crippen MR) is 90.5 cm³/mol. The Bertz CT molecular complexity index is 456. The van der Waals surface area contributed by atoms with E-state index in [1.807, 2.05) is 11.8 Å². The maximum atomic E-state index is 3.53. The van der Waals surface area contributed by atoms with E-state index in [-0.39, 0.29) is 0 Å². The Balaban J connectivity index is 2.29. The number of benzene rings is 2. The molecule has 0 heterocycles. The van der Waals surface area contributed by atoms with E-state index in [1.54, 1.807) is 0 Å². The van der Waals surface area contributed by atoms with Gasteiger partial charge < -0.3 is 0 Å². The van der Waals surface area contributed by atoms with Crippen molar-refractivity contribution in [3.63, 3.8) is 0 Å². The molecule has 0 unspecified atom stereocenters. The Kier molecular flexibility index (Phi) is 5.53. The highest BCUT2D eigenvalue weighted by molar-refractivity contribution is 9.09. The Morgan fingerprint density at radius 2 is 1.26 bits per heavy atom. The molecule has 19 heavy (non-hydrogen) atoms. The largest absolute Gasteiger partial charge is 0.148 e. The standard InChI is InChI=1S/C17H19BrS/c1-13-3-7-15(8-4-13)17(19-12-11-18)16-9-5-14(2)6-10-16/h3-10,17H,11-12H2,1-2H3. The molecule has 2 aromatic carbocycles. The minimum Gasteiger partial charge on any atom is -0.148 e. The van der Waals surface area contributed by atoms with Gasteiger partial charge in [-0.1, -0.05) is 75.6 Å². The van der Waals surface area contributed by atoms with E-state index in [1.165, 1.54) is 22.3 Å². The summed E-state index contributed by atoms with van der Waals surface area (Å²) in [5, 5.41) is 1.46. The predicted octanol–water partition coefficient (Wildman–Crippen LogP) is 5.52. The summed E-state index contributed by atoms with van der Waals surface area (Å²) >= 11 is 5.52. The highest BCUT2D eigenvalue weighted by Gasteiger charge is 2.14. The molecule has 0 aliphatic rings. The van der Waals surface area contributed by atoms with Crippen LogP contribution in [-0.4, -0.2) is 11.1 Å². The van der Waals surface area contributed by atoms with Gasteiger partial charge in [0.1, 0.15) is 0 Å². The second kappa shape index (κ2) is 7.16. The Hall–Kier alpha value is -0.730. The number of halogens is 1. The van der Waals surface area contributed by atoms with E-state index in [0.29, 0.717) is 5.25 Å². The van der Waals surface area contributed by atoms with Crippen LogP contribution >= 0.6 is 27.7 Å². The van der Waals surface area contributed by atoms with Crippen molar-refractivity contribution in [1.82, 2.24) is 0 Å². The summed E-state index contributed by atoms with van der Waals surface area (Å²) in [5.41, 5.74) is 5.41. The summed E-state index contributed by atoms with van der Waals surface area (Å²) in [6, 6.07) is 17.8. The van der Waals surface area contributed by atoms with E-state index in [2.05, 4.69) is 78.3 Å². The fourth-order valence-corrected chi connectivity index (χ4v) is 3.61. The number of alkyl halides is 1. The zero-order chi connectivity index (χ0) is 13.7. The maximum Gasteiger partial charge on any atom is 0.0546 e. The lowest BCUT2D eigenvalue weighted by Crippen LogP contribution is -1.99. The monoisotopic (exact) mass is 334 g/mol. The molecule has 0 amide bonds. The average Bonchev–Trinajstić information content (AvgIpc) is 2.43. The normalized spacial score (nSPS) is 10.9. The molecule has 100 valence electrons. The summed E-state index contributed by atoms with van der Waals surface area (Å²) in [6.45, 7) is 4.27. The first-order valence-electron chi connectivity index (χ1n) is 6.51. The van der Waals surface area contributed by atoms with Crippen molar-refractivity contribution < 1.29 is 0 Å². The van der Waals surface area contributed by atoms with Crippen LogP contribution in [-0.2, 0) is 0 Å². The van der Waals surface area contributed by atoms with Gasteiger partial charge in [-0.3, -0.25) is 0 Å². The summed E-state index contributed by atoms with van der Waals surface area (Å²) < 4.78 is 0. The molecule has 0 aliphatic carbocycles. The quantitative estimate of drug-likeness (QED) is 0.648. The van der Waals surface area contributed by atoms with Crippen molar-refractivity contribution >= 4 is 27.7 Å². The van der Waals surface area contributed by atoms with E-state index in [4.69, 9.17) is 0 Å². The van der Waals surface area contributed by atoms with Crippen molar-refractivity contribution in [2.45, 2.75) is 19.1 Å². The SMILES string of the molecule is Cc1ccc(C(SCCBr)c2ccc(C)cc2)cc1. The van der Waals surface area contributed by atoms with Gasteiger partial charge in [0.2, 0.25) is 0 Å². The average molecular weight is 335 g/mol. The Labute approximate surface area is 128 Å². The number of rotatable bonds is 5. The van der Waals surface area contributed by atoms with E-state index >= 15 is 0 Å². The molecule has 0 aliphatic heterocycles. The van der Waals surface area contributed by atoms with Crippen molar-refractivity contribution in [1.29, 1.82) is 0 Å². The van der Waals surface area contributed by atoms with Crippen molar-refractivity contribution in [3.05, 3.63) is 70.8 Å². The lowest BCUT2D eigenvalue weighted by atomic mass is 10.0.